The van der Waals surface area contributed by atoms with Crippen LogP contribution in [0.15, 0.2) is 29.4 Å². The minimum Gasteiger partial charge on any atom is -0.493 e. The van der Waals surface area contributed by atoms with E-state index < -0.39 is 0 Å². The maximum absolute atomic E-state index is 5.69. The van der Waals surface area contributed by atoms with E-state index in [0.29, 0.717) is 6.61 Å². The largest absolute Gasteiger partial charge is 0.493 e. The van der Waals surface area contributed by atoms with Crippen molar-refractivity contribution in [1.29, 1.82) is 0 Å². The van der Waals surface area contributed by atoms with Crippen molar-refractivity contribution in [3.05, 3.63) is 29.8 Å². The van der Waals surface area contributed by atoms with Crippen LogP contribution in [0.4, 0.5) is 0 Å². The normalized spacial score (nSPS) is 10.6. The first-order valence-corrected chi connectivity index (χ1v) is 6.85. The molecule has 0 N–H and O–H groups in total. The van der Waals surface area contributed by atoms with Crippen LogP contribution in [0.5, 0.6) is 5.75 Å². The maximum atomic E-state index is 5.69. The van der Waals surface area contributed by atoms with Crippen molar-refractivity contribution >= 4 is 11.8 Å². The molecule has 0 aliphatic carbocycles. The monoisotopic (exact) mass is 264 g/mol. The lowest BCUT2D eigenvalue weighted by Gasteiger charge is -2.06. The zero-order valence-electron chi connectivity index (χ0n) is 10.5. The highest BCUT2D eigenvalue weighted by Crippen LogP contribution is 2.16. The lowest BCUT2D eigenvalue weighted by atomic mass is 10.2. The van der Waals surface area contributed by atoms with Crippen molar-refractivity contribution in [2.24, 2.45) is 7.05 Å². The molecule has 0 spiro atoms. The molecule has 0 aliphatic rings. The van der Waals surface area contributed by atoms with Crippen LogP contribution >= 0.6 is 11.8 Å². The van der Waals surface area contributed by atoms with Crippen LogP contribution in [0, 0.1) is 0 Å². The third-order valence-electron chi connectivity index (χ3n) is 2.47. The molecular formula is C12H16N4OS. The van der Waals surface area contributed by atoms with Crippen LogP contribution < -0.4 is 4.74 Å². The van der Waals surface area contributed by atoms with Gasteiger partial charge in [-0.3, -0.25) is 0 Å². The molecular weight excluding hydrogens is 248 g/mol. The molecule has 2 rings (SSSR count). The Morgan fingerprint density at radius 2 is 2.28 bits per heavy atom. The molecule has 0 saturated carbocycles. The Morgan fingerprint density at radius 3 is 3.00 bits per heavy atom. The smallest absolute Gasteiger partial charge is 0.209 e. The molecule has 0 atom stereocenters. The zero-order chi connectivity index (χ0) is 12.8. The van der Waals surface area contributed by atoms with Gasteiger partial charge < -0.3 is 4.74 Å². The lowest BCUT2D eigenvalue weighted by molar-refractivity contribution is 0.343. The van der Waals surface area contributed by atoms with E-state index in [1.54, 1.807) is 16.4 Å². The molecule has 6 heteroatoms. The van der Waals surface area contributed by atoms with Gasteiger partial charge in [-0.25, -0.2) is 4.68 Å². The molecule has 1 aromatic carbocycles. The summed E-state index contributed by atoms with van der Waals surface area (Å²) in [6.45, 7) is 2.78. The number of hydrogen-bond acceptors (Lipinski definition) is 5. The Kier molecular flexibility index (Phi) is 4.58. The van der Waals surface area contributed by atoms with E-state index in [1.165, 1.54) is 5.56 Å². The number of nitrogens with zero attached hydrogens (tertiary/aromatic N) is 4. The number of aryl methyl sites for hydroxylation is 2. The SMILES string of the molecule is CCc1cccc(OCCSc2nnnn2C)c1. The maximum Gasteiger partial charge on any atom is 0.209 e. The average molecular weight is 264 g/mol. The molecule has 0 saturated heterocycles. The molecule has 0 unspecified atom stereocenters. The first kappa shape index (κ1) is 12.9. The minimum absolute atomic E-state index is 0.644. The first-order chi connectivity index (χ1) is 8.79. The van der Waals surface area contributed by atoms with Gasteiger partial charge in [0.1, 0.15) is 5.75 Å². The summed E-state index contributed by atoms with van der Waals surface area (Å²) in [7, 11) is 1.83. The Labute approximate surface area is 111 Å². The summed E-state index contributed by atoms with van der Waals surface area (Å²) in [5.74, 6) is 1.75. The number of aromatic nitrogens is 4. The predicted molar refractivity (Wildman–Crippen MR) is 70.8 cm³/mol. The molecule has 0 fully saturated rings. The fourth-order valence-corrected chi connectivity index (χ4v) is 2.16. The van der Waals surface area contributed by atoms with Crippen molar-refractivity contribution in [1.82, 2.24) is 20.2 Å². The molecule has 18 heavy (non-hydrogen) atoms. The van der Waals surface area contributed by atoms with Gasteiger partial charge in [0, 0.05) is 12.8 Å². The standard InChI is InChI=1S/C12H16N4OS/c1-3-10-5-4-6-11(9-10)17-7-8-18-12-13-14-15-16(12)2/h4-6,9H,3,7-8H2,1-2H3. The van der Waals surface area contributed by atoms with E-state index in [-0.39, 0.29) is 0 Å². The molecule has 2 aromatic rings. The minimum atomic E-state index is 0.644. The number of ether oxygens (including phenoxy) is 1. The topological polar surface area (TPSA) is 52.8 Å². The van der Waals surface area contributed by atoms with Crippen molar-refractivity contribution in [2.45, 2.75) is 18.5 Å². The zero-order valence-corrected chi connectivity index (χ0v) is 11.4. The first-order valence-electron chi connectivity index (χ1n) is 5.86. The predicted octanol–water partition coefficient (Wildman–Crippen LogP) is 1.94. The molecule has 1 heterocycles. The van der Waals surface area contributed by atoms with Gasteiger partial charge in [0.15, 0.2) is 0 Å². The Bertz CT molecular complexity index is 500. The van der Waals surface area contributed by atoms with E-state index in [2.05, 4.69) is 34.6 Å². The number of thioether (sulfide) groups is 1. The molecule has 0 aliphatic heterocycles. The summed E-state index contributed by atoms with van der Waals surface area (Å²) < 4.78 is 7.34. The van der Waals surface area contributed by atoms with E-state index in [1.807, 2.05) is 19.2 Å². The van der Waals surface area contributed by atoms with Crippen molar-refractivity contribution in [3.63, 3.8) is 0 Å². The fourth-order valence-electron chi connectivity index (χ4n) is 1.49. The number of tetrazole rings is 1. The van der Waals surface area contributed by atoms with Gasteiger partial charge in [-0.15, -0.1) is 5.10 Å². The number of rotatable bonds is 6. The van der Waals surface area contributed by atoms with Gasteiger partial charge in [-0.05, 0) is 34.5 Å². The Morgan fingerprint density at radius 1 is 1.39 bits per heavy atom. The summed E-state index contributed by atoms with van der Waals surface area (Å²) in [5.41, 5.74) is 1.29. The molecule has 96 valence electrons. The highest BCUT2D eigenvalue weighted by atomic mass is 32.2. The van der Waals surface area contributed by atoms with Crippen LogP contribution in [-0.4, -0.2) is 32.6 Å². The second-order valence-corrected chi connectivity index (χ2v) is 4.85. The summed E-state index contributed by atoms with van der Waals surface area (Å²) in [5, 5.41) is 12.1. The van der Waals surface area contributed by atoms with Gasteiger partial charge in [-0.1, -0.05) is 30.8 Å². The highest BCUT2D eigenvalue weighted by Gasteiger charge is 2.02. The summed E-state index contributed by atoms with van der Waals surface area (Å²) in [6, 6.07) is 8.18. The van der Waals surface area contributed by atoms with E-state index in [9.17, 15) is 0 Å². The van der Waals surface area contributed by atoms with Gasteiger partial charge in [0.25, 0.3) is 0 Å². The van der Waals surface area contributed by atoms with Gasteiger partial charge in [-0.2, -0.15) is 0 Å². The van der Waals surface area contributed by atoms with Crippen molar-refractivity contribution in [2.75, 3.05) is 12.4 Å². The summed E-state index contributed by atoms with van der Waals surface area (Å²) >= 11 is 1.58. The molecule has 0 radical (unpaired) electrons. The van der Waals surface area contributed by atoms with E-state index in [0.717, 1.165) is 23.1 Å². The highest BCUT2D eigenvalue weighted by molar-refractivity contribution is 7.99. The molecule has 1 aromatic heterocycles. The van der Waals surface area contributed by atoms with Gasteiger partial charge in [0.2, 0.25) is 5.16 Å². The summed E-state index contributed by atoms with van der Waals surface area (Å²) in [6.07, 6.45) is 1.02. The molecule has 5 nitrogen and oxygen atoms in total. The second kappa shape index (κ2) is 6.39. The van der Waals surface area contributed by atoms with Crippen LogP contribution in [0.3, 0.4) is 0 Å². The van der Waals surface area contributed by atoms with Crippen LogP contribution in [0.2, 0.25) is 0 Å². The second-order valence-electron chi connectivity index (χ2n) is 3.78. The molecule has 0 amide bonds. The lowest BCUT2D eigenvalue weighted by Crippen LogP contribution is -2.02. The number of hydrogen-bond donors (Lipinski definition) is 0. The Hall–Kier alpha value is -1.56. The van der Waals surface area contributed by atoms with Gasteiger partial charge >= 0.3 is 0 Å². The third kappa shape index (κ3) is 3.46. The van der Waals surface area contributed by atoms with Gasteiger partial charge in [0.05, 0.1) is 6.61 Å². The van der Waals surface area contributed by atoms with Crippen LogP contribution in [0.1, 0.15) is 12.5 Å². The third-order valence-corrected chi connectivity index (χ3v) is 3.45. The average Bonchev–Trinajstić information content (AvgIpc) is 2.81. The van der Waals surface area contributed by atoms with E-state index >= 15 is 0 Å². The van der Waals surface area contributed by atoms with E-state index in [4.69, 9.17) is 4.74 Å². The summed E-state index contributed by atoms with van der Waals surface area (Å²) in [4.78, 5) is 0. The number of benzene rings is 1. The van der Waals surface area contributed by atoms with Crippen LogP contribution in [0.25, 0.3) is 0 Å². The Balaban J connectivity index is 1.76. The molecule has 0 bridgehead atoms. The van der Waals surface area contributed by atoms with Crippen molar-refractivity contribution in [3.8, 4) is 5.75 Å². The van der Waals surface area contributed by atoms with Crippen molar-refractivity contribution < 1.29 is 4.74 Å². The quantitative estimate of drug-likeness (QED) is 0.589. The fraction of sp³-hybridized carbons (Fsp3) is 0.417. The van der Waals surface area contributed by atoms with Crippen LogP contribution in [-0.2, 0) is 13.5 Å².